The molecule has 1 amide bonds. The molecule has 1 aliphatic heterocycles. The number of methoxy groups -OCH3 is 1. The van der Waals surface area contributed by atoms with Crippen LogP contribution in [0.1, 0.15) is 27.7 Å². The Balaban J connectivity index is 1.32. The van der Waals surface area contributed by atoms with E-state index in [9.17, 15) is 13.2 Å². The van der Waals surface area contributed by atoms with Crippen molar-refractivity contribution in [1.29, 1.82) is 0 Å². The zero-order chi connectivity index (χ0) is 29.8. The van der Waals surface area contributed by atoms with Gasteiger partial charge in [0.15, 0.2) is 0 Å². The monoisotopic (exact) mass is 611 g/mol. The molecular formula is C33H29N3O5S2. The van der Waals surface area contributed by atoms with Gasteiger partial charge in [0.2, 0.25) is 10.0 Å². The van der Waals surface area contributed by atoms with E-state index >= 15 is 0 Å². The number of sulfonamides is 1. The van der Waals surface area contributed by atoms with Crippen LogP contribution in [-0.2, 0) is 32.6 Å². The number of ether oxygens (including phenoxy) is 1. The van der Waals surface area contributed by atoms with E-state index in [2.05, 4.69) is 10.5 Å². The van der Waals surface area contributed by atoms with Gasteiger partial charge < -0.3 is 4.74 Å². The first-order valence-electron chi connectivity index (χ1n) is 13.7. The molecule has 6 rings (SSSR count). The topological polar surface area (TPSA) is 97.8 Å². The van der Waals surface area contributed by atoms with Gasteiger partial charge in [-0.05, 0) is 59.2 Å². The molecule has 10 heteroatoms. The van der Waals surface area contributed by atoms with Crippen molar-refractivity contribution in [3.05, 3.63) is 137 Å². The van der Waals surface area contributed by atoms with Crippen LogP contribution in [0.5, 0.6) is 5.75 Å². The van der Waals surface area contributed by atoms with Gasteiger partial charge in [-0.3, -0.25) is 14.6 Å². The van der Waals surface area contributed by atoms with Gasteiger partial charge >= 0.3 is 0 Å². The van der Waals surface area contributed by atoms with E-state index in [1.165, 1.54) is 34.9 Å². The second-order valence-electron chi connectivity index (χ2n) is 10.0. The van der Waals surface area contributed by atoms with E-state index < -0.39 is 28.1 Å². The van der Waals surface area contributed by atoms with Crippen molar-refractivity contribution in [3.63, 3.8) is 0 Å². The van der Waals surface area contributed by atoms with E-state index in [1.54, 1.807) is 18.3 Å². The van der Waals surface area contributed by atoms with Gasteiger partial charge in [0.05, 0.1) is 22.6 Å². The molecule has 218 valence electrons. The number of nitrogens with zero attached hydrogens (tertiary/aromatic N) is 2. The normalized spacial score (nSPS) is 15.2. The molecule has 2 aromatic heterocycles. The number of fused-ring (bicyclic) bond motifs is 1. The Hall–Kier alpha value is -4.35. The Labute approximate surface area is 254 Å². The fraction of sp³-hybridized carbons (Fsp3) is 0.152. The molecule has 1 N–H and O–H groups in total. The number of rotatable bonds is 9. The van der Waals surface area contributed by atoms with Gasteiger partial charge in [-0.1, -0.05) is 66.7 Å². The summed E-state index contributed by atoms with van der Waals surface area (Å²) in [4.78, 5) is 26.3. The number of nitrogens with one attached hydrogen (secondary N) is 1. The highest BCUT2D eigenvalue weighted by molar-refractivity contribution is 7.89. The van der Waals surface area contributed by atoms with Crippen LogP contribution in [0.3, 0.4) is 0 Å². The van der Waals surface area contributed by atoms with Gasteiger partial charge in [0.25, 0.3) is 5.91 Å². The second-order valence-corrected chi connectivity index (χ2v) is 13.0. The quantitative estimate of drug-likeness (QED) is 0.213. The Morgan fingerprint density at radius 3 is 2.19 bits per heavy atom. The summed E-state index contributed by atoms with van der Waals surface area (Å²) in [6, 6.07) is 31.8. The summed E-state index contributed by atoms with van der Waals surface area (Å²) >= 11 is 1.52. The number of pyridine rings is 1. The summed E-state index contributed by atoms with van der Waals surface area (Å²) < 4.78 is 34.5. The maximum atomic E-state index is 14.0. The van der Waals surface area contributed by atoms with Crippen molar-refractivity contribution in [2.45, 2.75) is 30.0 Å². The molecule has 0 fully saturated rings. The first-order chi connectivity index (χ1) is 20.9. The maximum absolute atomic E-state index is 14.0. The lowest BCUT2D eigenvalue weighted by Crippen LogP contribution is -2.52. The number of amides is 1. The molecule has 1 unspecified atom stereocenters. The molecule has 5 aromatic rings. The third-order valence-corrected chi connectivity index (χ3v) is 10.4. The highest BCUT2D eigenvalue weighted by Crippen LogP contribution is 2.38. The first-order valence-corrected chi connectivity index (χ1v) is 15.9. The average Bonchev–Trinajstić information content (AvgIpc) is 3.49. The standard InChI is InChI=1S/C33H29N3O5S2/c1-40-26-15-17-27(18-16-26)43(38,39)36-22-25-20-31(28-14-8-9-19-34-28)42-30(25)21-29(36)33(37)35-41-32(23-10-4-2-5-11-23)24-12-6-3-7-13-24/h2-20,29,32H,21-22H2,1H3,(H,35,37). The molecule has 3 aromatic carbocycles. The Morgan fingerprint density at radius 2 is 1.58 bits per heavy atom. The fourth-order valence-corrected chi connectivity index (χ4v) is 7.84. The van der Waals surface area contributed by atoms with Crippen molar-refractivity contribution in [1.82, 2.24) is 14.8 Å². The third kappa shape index (κ3) is 6.09. The van der Waals surface area contributed by atoms with E-state index in [0.717, 1.165) is 32.1 Å². The molecule has 0 aliphatic carbocycles. The minimum absolute atomic E-state index is 0.0336. The van der Waals surface area contributed by atoms with Crippen LogP contribution in [0.15, 0.2) is 120 Å². The van der Waals surface area contributed by atoms with Crippen molar-refractivity contribution in [2.75, 3.05) is 7.11 Å². The SMILES string of the molecule is COc1ccc(S(=O)(=O)N2Cc3cc(-c4ccccn4)sc3CC2C(=O)NOC(c2ccccc2)c2ccccc2)cc1. The number of hydroxylamine groups is 1. The van der Waals surface area contributed by atoms with E-state index in [1.807, 2.05) is 84.9 Å². The largest absolute Gasteiger partial charge is 0.497 e. The predicted molar refractivity (Wildman–Crippen MR) is 165 cm³/mol. The molecular weight excluding hydrogens is 583 g/mol. The highest BCUT2D eigenvalue weighted by atomic mass is 32.2. The number of aromatic nitrogens is 1. The predicted octanol–water partition coefficient (Wildman–Crippen LogP) is 5.77. The van der Waals surface area contributed by atoms with Gasteiger partial charge in [0, 0.05) is 24.0 Å². The molecule has 8 nitrogen and oxygen atoms in total. The Kier molecular flexibility index (Phi) is 8.35. The molecule has 0 spiro atoms. The number of carbonyl (C=O) groups excluding carboxylic acids is 1. The molecule has 0 radical (unpaired) electrons. The Bertz CT molecular complexity index is 1760. The summed E-state index contributed by atoms with van der Waals surface area (Å²) in [5, 5.41) is 0. The van der Waals surface area contributed by atoms with Crippen LogP contribution in [-0.4, -0.2) is 36.8 Å². The summed E-state index contributed by atoms with van der Waals surface area (Å²) in [5.41, 5.74) is 5.96. The lowest BCUT2D eigenvalue weighted by molar-refractivity contribution is -0.141. The van der Waals surface area contributed by atoms with Gasteiger partial charge in [-0.25, -0.2) is 13.9 Å². The van der Waals surface area contributed by atoms with Crippen LogP contribution in [0.2, 0.25) is 0 Å². The summed E-state index contributed by atoms with van der Waals surface area (Å²) in [6.45, 7) is 0.0336. The zero-order valence-corrected chi connectivity index (χ0v) is 24.9. The minimum Gasteiger partial charge on any atom is -0.497 e. The molecule has 1 aliphatic rings. The van der Waals surface area contributed by atoms with Crippen molar-refractivity contribution in [3.8, 4) is 16.3 Å². The summed E-state index contributed by atoms with van der Waals surface area (Å²) in [5.74, 6) is -0.0133. The number of hydrogen-bond donors (Lipinski definition) is 1. The summed E-state index contributed by atoms with van der Waals surface area (Å²) in [6.07, 6.45) is 1.33. The van der Waals surface area contributed by atoms with E-state index in [4.69, 9.17) is 9.57 Å². The molecule has 43 heavy (non-hydrogen) atoms. The van der Waals surface area contributed by atoms with Crippen LogP contribution in [0.25, 0.3) is 10.6 Å². The lowest BCUT2D eigenvalue weighted by Gasteiger charge is -2.33. The summed E-state index contributed by atoms with van der Waals surface area (Å²) in [7, 11) is -2.55. The molecule has 3 heterocycles. The second kappa shape index (κ2) is 12.5. The Morgan fingerprint density at radius 1 is 0.930 bits per heavy atom. The van der Waals surface area contributed by atoms with Gasteiger partial charge in [0.1, 0.15) is 17.9 Å². The minimum atomic E-state index is -4.07. The van der Waals surface area contributed by atoms with Crippen LogP contribution in [0.4, 0.5) is 0 Å². The van der Waals surface area contributed by atoms with E-state index in [-0.39, 0.29) is 17.9 Å². The molecule has 0 saturated heterocycles. The number of thiophene rings is 1. The molecule has 0 saturated carbocycles. The first kappa shape index (κ1) is 28.8. The fourth-order valence-electron chi connectivity index (χ4n) is 5.09. The maximum Gasteiger partial charge on any atom is 0.262 e. The third-order valence-electron chi connectivity index (χ3n) is 7.32. The van der Waals surface area contributed by atoms with Crippen molar-refractivity contribution < 1.29 is 22.8 Å². The van der Waals surface area contributed by atoms with Crippen LogP contribution in [0, 0.1) is 0 Å². The van der Waals surface area contributed by atoms with Crippen molar-refractivity contribution in [2.24, 2.45) is 0 Å². The van der Waals surface area contributed by atoms with Gasteiger partial charge in [-0.2, -0.15) is 4.31 Å². The highest BCUT2D eigenvalue weighted by Gasteiger charge is 2.41. The van der Waals surface area contributed by atoms with Crippen molar-refractivity contribution >= 4 is 27.3 Å². The zero-order valence-electron chi connectivity index (χ0n) is 23.3. The number of carbonyl (C=O) groups is 1. The number of benzene rings is 3. The molecule has 0 bridgehead atoms. The van der Waals surface area contributed by atoms with Crippen LogP contribution < -0.4 is 10.2 Å². The lowest BCUT2D eigenvalue weighted by atomic mass is 10.0. The average molecular weight is 612 g/mol. The molecule has 1 atom stereocenters. The van der Waals surface area contributed by atoms with Crippen LogP contribution >= 0.6 is 11.3 Å². The van der Waals surface area contributed by atoms with Gasteiger partial charge in [-0.15, -0.1) is 11.3 Å². The smallest absolute Gasteiger partial charge is 0.262 e. The van der Waals surface area contributed by atoms with E-state index in [0.29, 0.717) is 5.75 Å². The number of hydrogen-bond acceptors (Lipinski definition) is 7.